The Morgan fingerprint density at radius 3 is 2.36 bits per heavy atom. The van der Waals surface area contributed by atoms with Crippen molar-refractivity contribution in [3.05, 3.63) is 58.6 Å². The Kier molecular flexibility index (Phi) is 6.25. The second-order valence-corrected chi connectivity index (χ2v) is 5.68. The average Bonchev–Trinajstić information content (AvgIpc) is 2.60. The number of halogens is 1. The molecule has 132 valence electrons. The van der Waals surface area contributed by atoms with Crippen LogP contribution in [0.3, 0.4) is 0 Å². The normalized spacial score (nSPS) is 11.5. The molecule has 0 aliphatic rings. The number of carbonyl (C=O) groups is 2. The zero-order valence-electron chi connectivity index (χ0n) is 13.8. The van der Waals surface area contributed by atoms with Crippen molar-refractivity contribution in [3.8, 4) is 11.5 Å². The van der Waals surface area contributed by atoms with Gasteiger partial charge in [0.1, 0.15) is 11.5 Å². The van der Waals surface area contributed by atoms with E-state index in [2.05, 4.69) is 5.32 Å². The number of carboxylic acids is 1. The molecular weight excluding hydrogens is 346 g/mol. The lowest BCUT2D eigenvalue weighted by Gasteiger charge is -2.19. The Balaban J connectivity index is 2.27. The Morgan fingerprint density at radius 1 is 1.12 bits per heavy atom. The highest BCUT2D eigenvalue weighted by molar-refractivity contribution is 6.30. The lowest BCUT2D eigenvalue weighted by molar-refractivity contribution is -0.137. The molecule has 0 aliphatic carbocycles. The van der Waals surface area contributed by atoms with E-state index in [-0.39, 0.29) is 12.0 Å². The predicted octanol–water partition coefficient (Wildman–Crippen LogP) is 3.30. The summed E-state index contributed by atoms with van der Waals surface area (Å²) < 4.78 is 10.3. The van der Waals surface area contributed by atoms with Gasteiger partial charge in [0, 0.05) is 11.1 Å². The molecule has 0 saturated heterocycles. The molecule has 0 aliphatic heterocycles. The quantitative estimate of drug-likeness (QED) is 0.788. The molecule has 0 heterocycles. The number of carboxylic acid groups (broad SMARTS) is 1. The molecule has 0 bridgehead atoms. The zero-order chi connectivity index (χ0) is 18.4. The summed E-state index contributed by atoms with van der Waals surface area (Å²) in [4.78, 5) is 23.8. The maximum atomic E-state index is 12.6. The molecule has 0 spiro atoms. The van der Waals surface area contributed by atoms with E-state index in [0.717, 1.165) is 0 Å². The molecule has 0 saturated carbocycles. The summed E-state index contributed by atoms with van der Waals surface area (Å²) in [5.74, 6) is -0.585. The lowest BCUT2D eigenvalue weighted by Crippen LogP contribution is -2.30. The van der Waals surface area contributed by atoms with Crippen LogP contribution in [-0.2, 0) is 4.79 Å². The number of benzene rings is 2. The van der Waals surface area contributed by atoms with Gasteiger partial charge in [0.15, 0.2) is 0 Å². The van der Waals surface area contributed by atoms with Crippen molar-refractivity contribution in [2.75, 3.05) is 14.2 Å². The predicted molar refractivity (Wildman–Crippen MR) is 93.5 cm³/mol. The Morgan fingerprint density at radius 2 is 1.80 bits per heavy atom. The molecule has 0 fully saturated rings. The maximum Gasteiger partial charge on any atom is 0.305 e. The van der Waals surface area contributed by atoms with E-state index in [0.29, 0.717) is 22.1 Å². The van der Waals surface area contributed by atoms with Gasteiger partial charge in [0.2, 0.25) is 0 Å². The van der Waals surface area contributed by atoms with Crippen molar-refractivity contribution < 1.29 is 24.2 Å². The third kappa shape index (κ3) is 4.87. The topological polar surface area (TPSA) is 84.9 Å². The van der Waals surface area contributed by atoms with Crippen molar-refractivity contribution in [3.63, 3.8) is 0 Å². The van der Waals surface area contributed by atoms with Gasteiger partial charge >= 0.3 is 5.97 Å². The van der Waals surface area contributed by atoms with E-state index in [9.17, 15) is 9.59 Å². The molecule has 0 unspecified atom stereocenters. The fraction of sp³-hybridized carbons (Fsp3) is 0.222. The zero-order valence-corrected chi connectivity index (χ0v) is 14.5. The Bertz CT molecular complexity index is 761. The summed E-state index contributed by atoms with van der Waals surface area (Å²) in [6.07, 6.45) is -0.258. The van der Waals surface area contributed by atoms with E-state index >= 15 is 0 Å². The van der Waals surface area contributed by atoms with Crippen molar-refractivity contribution in [1.29, 1.82) is 0 Å². The summed E-state index contributed by atoms with van der Waals surface area (Å²) >= 11 is 5.86. The van der Waals surface area contributed by atoms with Gasteiger partial charge in [-0.25, -0.2) is 0 Å². The van der Waals surface area contributed by atoms with Gasteiger partial charge in [0.05, 0.1) is 32.2 Å². The number of aliphatic carboxylic acids is 1. The molecule has 25 heavy (non-hydrogen) atoms. The smallest absolute Gasteiger partial charge is 0.305 e. The minimum Gasteiger partial charge on any atom is -0.497 e. The van der Waals surface area contributed by atoms with Gasteiger partial charge in [-0.05, 0) is 29.8 Å². The maximum absolute atomic E-state index is 12.6. The molecule has 0 aromatic heterocycles. The molecule has 6 nitrogen and oxygen atoms in total. The van der Waals surface area contributed by atoms with Gasteiger partial charge in [-0.3, -0.25) is 9.59 Å². The third-order valence-electron chi connectivity index (χ3n) is 3.61. The third-order valence-corrected chi connectivity index (χ3v) is 3.86. The Labute approximate surface area is 150 Å². The number of carbonyl (C=O) groups excluding carboxylic acids is 1. The largest absolute Gasteiger partial charge is 0.497 e. The highest BCUT2D eigenvalue weighted by Gasteiger charge is 2.21. The summed E-state index contributed by atoms with van der Waals surface area (Å²) in [5.41, 5.74) is 0.931. The molecular formula is C18H18ClNO5. The van der Waals surface area contributed by atoms with E-state index in [1.54, 1.807) is 42.5 Å². The van der Waals surface area contributed by atoms with Crippen LogP contribution >= 0.6 is 11.6 Å². The number of amides is 1. The van der Waals surface area contributed by atoms with E-state index in [1.165, 1.54) is 14.2 Å². The highest BCUT2D eigenvalue weighted by atomic mass is 35.5. The second-order valence-electron chi connectivity index (χ2n) is 5.24. The van der Waals surface area contributed by atoms with Gasteiger partial charge in [-0.1, -0.05) is 23.7 Å². The van der Waals surface area contributed by atoms with E-state index in [1.807, 2.05) is 0 Å². The molecule has 1 atom stereocenters. The first kappa shape index (κ1) is 18.6. The summed E-state index contributed by atoms with van der Waals surface area (Å²) in [6.45, 7) is 0. The standard InChI is InChI=1S/C18H18ClNO5/c1-24-13-7-8-14(16(9-13)25-2)18(23)20-15(10-17(21)22)11-3-5-12(19)6-4-11/h3-9,15H,10H2,1-2H3,(H,20,23)(H,21,22)/t15-/m0/s1. The van der Waals surface area contributed by atoms with Crippen LogP contribution < -0.4 is 14.8 Å². The number of ether oxygens (including phenoxy) is 2. The second kappa shape index (κ2) is 8.39. The van der Waals surface area contributed by atoms with Crippen molar-refractivity contribution in [1.82, 2.24) is 5.32 Å². The average molecular weight is 364 g/mol. The van der Waals surface area contributed by atoms with Crippen LogP contribution in [-0.4, -0.2) is 31.2 Å². The first-order chi connectivity index (χ1) is 11.9. The molecule has 2 aromatic carbocycles. The fourth-order valence-corrected chi connectivity index (χ4v) is 2.47. The fourth-order valence-electron chi connectivity index (χ4n) is 2.34. The minimum absolute atomic E-state index is 0.258. The van der Waals surface area contributed by atoms with Gasteiger partial charge in [0.25, 0.3) is 5.91 Å². The lowest BCUT2D eigenvalue weighted by atomic mass is 10.0. The Hall–Kier alpha value is -2.73. The summed E-state index contributed by atoms with van der Waals surface area (Å²) in [6, 6.07) is 10.7. The molecule has 2 aromatic rings. The van der Waals surface area contributed by atoms with Crippen LogP contribution in [0.1, 0.15) is 28.4 Å². The van der Waals surface area contributed by atoms with Crippen LogP contribution in [0.15, 0.2) is 42.5 Å². The van der Waals surface area contributed by atoms with Gasteiger partial charge in [-0.15, -0.1) is 0 Å². The minimum atomic E-state index is -1.03. The van der Waals surface area contributed by atoms with Crippen LogP contribution in [0.4, 0.5) is 0 Å². The van der Waals surface area contributed by atoms with Crippen molar-refractivity contribution in [2.24, 2.45) is 0 Å². The number of nitrogens with one attached hydrogen (secondary N) is 1. The molecule has 2 N–H and O–H groups in total. The van der Waals surface area contributed by atoms with E-state index < -0.39 is 17.9 Å². The first-order valence-corrected chi connectivity index (χ1v) is 7.82. The van der Waals surface area contributed by atoms with Gasteiger partial charge in [-0.2, -0.15) is 0 Å². The SMILES string of the molecule is COc1ccc(C(=O)N[C@@H](CC(=O)O)c2ccc(Cl)cc2)c(OC)c1. The summed E-state index contributed by atoms with van der Waals surface area (Å²) in [7, 11) is 2.96. The number of hydrogen-bond donors (Lipinski definition) is 2. The highest BCUT2D eigenvalue weighted by Crippen LogP contribution is 2.26. The summed E-state index contributed by atoms with van der Waals surface area (Å²) in [5, 5.41) is 12.4. The van der Waals surface area contributed by atoms with Crippen molar-refractivity contribution >= 4 is 23.5 Å². The van der Waals surface area contributed by atoms with Crippen LogP contribution in [0.25, 0.3) is 0 Å². The van der Waals surface area contributed by atoms with E-state index in [4.69, 9.17) is 26.2 Å². The molecule has 2 rings (SSSR count). The van der Waals surface area contributed by atoms with Gasteiger partial charge < -0.3 is 19.9 Å². The molecule has 7 heteroatoms. The number of hydrogen-bond acceptors (Lipinski definition) is 4. The van der Waals surface area contributed by atoms with Crippen LogP contribution in [0, 0.1) is 0 Å². The molecule has 0 radical (unpaired) electrons. The molecule has 1 amide bonds. The number of methoxy groups -OCH3 is 2. The van der Waals surface area contributed by atoms with Crippen molar-refractivity contribution in [2.45, 2.75) is 12.5 Å². The first-order valence-electron chi connectivity index (χ1n) is 7.44. The van der Waals surface area contributed by atoms with Crippen LogP contribution in [0.2, 0.25) is 5.02 Å². The van der Waals surface area contributed by atoms with Crippen LogP contribution in [0.5, 0.6) is 11.5 Å². The number of rotatable bonds is 7. The monoisotopic (exact) mass is 363 g/mol.